The number of hydrogen-bond donors (Lipinski definition) is 0. The summed E-state index contributed by atoms with van der Waals surface area (Å²) in [6.07, 6.45) is 0. The van der Waals surface area contributed by atoms with E-state index < -0.39 is 15.8 Å². The van der Waals surface area contributed by atoms with Crippen LogP contribution in [0.4, 0.5) is 0 Å². The van der Waals surface area contributed by atoms with Crippen LogP contribution < -0.4 is 0 Å². The normalized spacial score (nSPS) is 10.4. The molecule has 0 saturated carbocycles. The average Bonchev–Trinajstić information content (AvgIpc) is 2.38. The van der Waals surface area contributed by atoms with E-state index in [1.54, 1.807) is 24.3 Å². The standard InChI is InChI=1S/C12H10N4O2S/c13-5-7-16(8-6-14)19(17,18)10-12-4-2-1-3-11(12)9-15/h1-4H,7-8,10H2. The molecule has 0 atom stereocenters. The average molecular weight is 274 g/mol. The van der Waals surface area contributed by atoms with Gasteiger partial charge in [0.05, 0.1) is 29.5 Å². The van der Waals surface area contributed by atoms with Gasteiger partial charge in [0.1, 0.15) is 13.1 Å². The summed E-state index contributed by atoms with van der Waals surface area (Å²) in [5.74, 6) is -0.403. The second-order valence-corrected chi connectivity index (χ2v) is 5.58. The Labute approximate surface area is 111 Å². The van der Waals surface area contributed by atoms with Gasteiger partial charge < -0.3 is 0 Å². The van der Waals surface area contributed by atoms with Crippen molar-refractivity contribution in [3.8, 4) is 18.2 Å². The zero-order valence-electron chi connectivity index (χ0n) is 9.94. The smallest absolute Gasteiger partial charge is 0.212 e. The van der Waals surface area contributed by atoms with E-state index in [0.29, 0.717) is 5.56 Å². The first kappa shape index (κ1) is 14.7. The van der Waals surface area contributed by atoms with Crippen LogP contribution in [0.5, 0.6) is 0 Å². The summed E-state index contributed by atoms with van der Waals surface area (Å²) in [7, 11) is -3.80. The molecule has 1 aromatic rings. The predicted molar refractivity (Wildman–Crippen MR) is 66.6 cm³/mol. The Bertz CT molecular complexity index is 661. The lowest BCUT2D eigenvalue weighted by molar-refractivity contribution is 0.478. The quantitative estimate of drug-likeness (QED) is 0.735. The monoisotopic (exact) mass is 274 g/mol. The van der Waals surface area contributed by atoms with Crippen molar-refractivity contribution in [2.75, 3.05) is 13.1 Å². The van der Waals surface area contributed by atoms with E-state index in [0.717, 1.165) is 4.31 Å². The van der Waals surface area contributed by atoms with E-state index in [2.05, 4.69) is 0 Å². The fraction of sp³-hybridized carbons (Fsp3) is 0.250. The highest BCUT2D eigenvalue weighted by Crippen LogP contribution is 2.14. The Morgan fingerprint density at radius 3 is 2.16 bits per heavy atom. The van der Waals surface area contributed by atoms with Gasteiger partial charge in [0.2, 0.25) is 10.0 Å². The zero-order valence-corrected chi connectivity index (χ0v) is 10.8. The van der Waals surface area contributed by atoms with Gasteiger partial charge in [-0.2, -0.15) is 20.1 Å². The Morgan fingerprint density at radius 1 is 1.05 bits per heavy atom. The minimum atomic E-state index is -3.80. The highest BCUT2D eigenvalue weighted by atomic mass is 32.2. The number of hydrogen-bond acceptors (Lipinski definition) is 5. The molecule has 0 aliphatic carbocycles. The molecular formula is C12H10N4O2S. The maximum atomic E-state index is 12.1. The summed E-state index contributed by atoms with van der Waals surface area (Å²) in [6, 6.07) is 11.6. The first-order valence-electron chi connectivity index (χ1n) is 5.25. The summed E-state index contributed by atoms with van der Waals surface area (Å²) in [5, 5.41) is 26.0. The molecule has 0 spiro atoms. The van der Waals surface area contributed by atoms with Crippen molar-refractivity contribution in [3.05, 3.63) is 35.4 Å². The molecular weight excluding hydrogens is 264 g/mol. The van der Waals surface area contributed by atoms with E-state index in [1.807, 2.05) is 6.07 Å². The number of nitriles is 3. The van der Waals surface area contributed by atoms with E-state index in [-0.39, 0.29) is 18.7 Å². The maximum Gasteiger partial charge on any atom is 0.220 e. The van der Waals surface area contributed by atoms with E-state index in [9.17, 15) is 8.42 Å². The van der Waals surface area contributed by atoms with Gasteiger partial charge in [-0.1, -0.05) is 18.2 Å². The van der Waals surface area contributed by atoms with Gasteiger partial charge >= 0.3 is 0 Å². The predicted octanol–water partition coefficient (Wildman–Crippen LogP) is 0.737. The number of rotatable bonds is 5. The molecule has 96 valence electrons. The minimum absolute atomic E-state index is 0.264. The Morgan fingerprint density at radius 2 is 1.63 bits per heavy atom. The van der Waals surface area contributed by atoms with Crippen molar-refractivity contribution in [2.45, 2.75) is 5.75 Å². The molecule has 19 heavy (non-hydrogen) atoms. The molecule has 0 aromatic heterocycles. The van der Waals surface area contributed by atoms with Crippen molar-refractivity contribution < 1.29 is 8.42 Å². The summed E-state index contributed by atoms with van der Waals surface area (Å²) in [4.78, 5) is 0. The van der Waals surface area contributed by atoms with Crippen LogP contribution in [0.15, 0.2) is 24.3 Å². The zero-order chi connectivity index (χ0) is 14.3. The molecule has 1 aromatic carbocycles. The molecule has 0 fully saturated rings. The molecule has 0 aliphatic heterocycles. The molecule has 0 heterocycles. The molecule has 6 nitrogen and oxygen atoms in total. The molecule has 1 rings (SSSR count). The summed E-state index contributed by atoms with van der Waals surface area (Å²) in [6.45, 7) is -0.769. The second kappa shape index (κ2) is 6.51. The molecule has 0 bridgehead atoms. The van der Waals surface area contributed by atoms with Crippen molar-refractivity contribution in [1.29, 1.82) is 15.8 Å². The highest BCUT2D eigenvalue weighted by molar-refractivity contribution is 7.88. The summed E-state index contributed by atoms with van der Waals surface area (Å²) < 4.78 is 24.9. The van der Waals surface area contributed by atoms with Crippen molar-refractivity contribution >= 4 is 10.0 Å². The van der Waals surface area contributed by atoms with Gasteiger partial charge in [-0.3, -0.25) is 0 Å². The van der Waals surface area contributed by atoms with E-state index >= 15 is 0 Å². The molecule has 0 unspecified atom stereocenters. The fourth-order valence-electron chi connectivity index (χ4n) is 1.45. The molecule has 0 N–H and O–H groups in total. The number of nitrogens with zero attached hydrogens (tertiary/aromatic N) is 4. The van der Waals surface area contributed by atoms with Crippen LogP contribution in [0.3, 0.4) is 0 Å². The van der Waals surface area contributed by atoms with Gasteiger partial charge in [-0.25, -0.2) is 8.42 Å². The van der Waals surface area contributed by atoms with Crippen LogP contribution >= 0.6 is 0 Å². The number of sulfonamides is 1. The largest absolute Gasteiger partial charge is 0.220 e. The molecule has 0 radical (unpaired) electrons. The first-order chi connectivity index (χ1) is 9.05. The summed E-state index contributed by atoms with van der Waals surface area (Å²) in [5.41, 5.74) is 0.616. The van der Waals surface area contributed by atoms with Gasteiger partial charge in [-0.05, 0) is 11.6 Å². The van der Waals surface area contributed by atoms with Gasteiger partial charge in [-0.15, -0.1) is 0 Å². The lowest BCUT2D eigenvalue weighted by Crippen LogP contribution is -2.33. The third-order valence-corrected chi connectivity index (χ3v) is 4.08. The van der Waals surface area contributed by atoms with Crippen LogP contribution in [0.1, 0.15) is 11.1 Å². The minimum Gasteiger partial charge on any atom is -0.212 e. The van der Waals surface area contributed by atoms with Crippen molar-refractivity contribution in [1.82, 2.24) is 4.31 Å². The van der Waals surface area contributed by atoms with Crippen LogP contribution in [0.2, 0.25) is 0 Å². The lowest BCUT2D eigenvalue weighted by Gasteiger charge is -2.16. The van der Waals surface area contributed by atoms with Crippen molar-refractivity contribution in [3.63, 3.8) is 0 Å². The Kier molecular flexibility index (Phi) is 5.02. The maximum absolute atomic E-state index is 12.1. The van der Waals surface area contributed by atoms with Crippen LogP contribution in [-0.2, 0) is 15.8 Å². The fourth-order valence-corrected chi connectivity index (χ4v) is 2.79. The van der Waals surface area contributed by atoms with Crippen LogP contribution in [0, 0.1) is 34.0 Å². The third-order valence-electron chi connectivity index (χ3n) is 2.36. The summed E-state index contributed by atoms with van der Waals surface area (Å²) >= 11 is 0. The molecule has 7 heteroatoms. The molecule has 0 aliphatic rings. The molecule has 0 saturated heterocycles. The van der Waals surface area contributed by atoms with E-state index in [4.69, 9.17) is 15.8 Å². The second-order valence-electron chi connectivity index (χ2n) is 3.61. The Hall–Kier alpha value is -2.40. The number of benzene rings is 1. The highest BCUT2D eigenvalue weighted by Gasteiger charge is 2.23. The Balaban J connectivity index is 3.06. The van der Waals surface area contributed by atoms with Gasteiger partial charge in [0, 0.05) is 0 Å². The van der Waals surface area contributed by atoms with Crippen molar-refractivity contribution in [2.24, 2.45) is 0 Å². The lowest BCUT2D eigenvalue weighted by atomic mass is 10.1. The SMILES string of the molecule is N#CCN(CC#N)S(=O)(=O)Cc1ccccc1C#N. The van der Waals surface area contributed by atoms with E-state index in [1.165, 1.54) is 12.1 Å². The van der Waals surface area contributed by atoms with Gasteiger partial charge in [0.15, 0.2) is 0 Å². The topological polar surface area (TPSA) is 109 Å². The van der Waals surface area contributed by atoms with Crippen LogP contribution in [-0.4, -0.2) is 25.8 Å². The first-order valence-corrected chi connectivity index (χ1v) is 6.86. The van der Waals surface area contributed by atoms with Crippen LogP contribution in [0.25, 0.3) is 0 Å². The third kappa shape index (κ3) is 3.79. The molecule has 0 amide bonds. The van der Waals surface area contributed by atoms with Gasteiger partial charge in [0.25, 0.3) is 0 Å².